The van der Waals surface area contributed by atoms with Crippen LogP contribution in [0, 0.1) is 0 Å². The second-order valence-corrected chi connectivity index (χ2v) is 6.94. The molecule has 2 heterocycles. The van der Waals surface area contributed by atoms with E-state index in [-0.39, 0.29) is 22.5 Å². The summed E-state index contributed by atoms with van der Waals surface area (Å²) in [4.78, 5) is 25.9. The van der Waals surface area contributed by atoms with E-state index < -0.39 is 21.2 Å². The summed E-state index contributed by atoms with van der Waals surface area (Å²) in [5.74, 6) is -0.691. The van der Waals surface area contributed by atoms with E-state index in [0.29, 0.717) is 5.56 Å². The second kappa shape index (κ2) is 4.99. The van der Waals surface area contributed by atoms with Gasteiger partial charge in [-0.25, -0.2) is 13.2 Å². The van der Waals surface area contributed by atoms with Crippen LogP contribution in [-0.2, 0) is 16.4 Å². The number of aromatic nitrogens is 2. The Morgan fingerprint density at radius 1 is 1.23 bits per heavy atom. The summed E-state index contributed by atoms with van der Waals surface area (Å²) in [5.41, 5.74) is 0.534. The van der Waals surface area contributed by atoms with E-state index in [4.69, 9.17) is 4.42 Å². The highest BCUT2D eigenvalue weighted by atomic mass is 32.2. The van der Waals surface area contributed by atoms with Crippen molar-refractivity contribution < 1.29 is 12.8 Å². The molecule has 0 saturated carbocycles. The Labute approximate surface area is 124 Å². The van der Waals surface area contributed by atoms with Gasteiger partial charge in [-0.3, -0.25) is 9.78 Å². The number of nitrogens with one attached hydrogen (secondary N) is 1. The first-order valence-corrected chi connectivity index (χ1v) is 8.25. The highest BCUT2D eigenvalue weighted by Crippen LogP contribution is 2.12. The predicted molar refractivity (Wildman–Crippen MR) is 79.7 cm³/mol. The molecule has 1 aromatic carbocycles. The van der Waals surface area contributed by atoms with Crippen molar-refractivity contribution in [3.63, 3.8) is 0 Å². The molecule has 0 radical (unpaired) electrons. The molecule has 0 atom stereocenters. The zero-order valence-corrected chi connectivity index (χ0v) is 12.4. The average molecular weight is 320 g/mol. The zero-order valence-electron chi connectivity index (χ0n) is 11.6. The fourth-order valence-electron chi connectivity index (χ4n) is 2.18. The molecule has 0 spiro atoms. The van der Waals surface area contributed by atoms with E-state index in [1.807, 2.05) is 0 Å². The number of hydrogen-bond acceptors (Lipinski definition) is 5. The van der Waals surface area contributed by atoms with Crippen molar-refractivity contribution >= 4 is 20.9 Å². The van der Waals surface area contributed by atoms with E-state index in [1.165, 1.54) is 29.0 Å². The van der Waals surface area contributed by atoms with Crippen LogP contribution >= 0.6 is 0 Å². The number of rotatable bonds is 3. The SMILES string of the molecule is CS(=O)(=O)c1cccc(Cn2ccc3oc(=O)[nH]c3c2=O)c1. The molecular formula is C14H12N2O5S. The van der Waals surface area contributed by atoms with Gasteiger partial charge in [-0.15, -0.1) is 0 Å². The van der Waals surface area contributed by atoms with Crippen molar-refractivity contribution in [3.05, 3.63) is 63.0 Å². The van der Waals surface area contributed by atoms with Crippen molar-refractivity contribution in [1.29, 1.82) is 0 Å². The van der Waals surface area contributed by atoms with Gasteiger partial charge in [0, 0.05) is 12.5 Å². The lowest BCUT2D eigenvalue weighted by Crippen LogP contribution is -2.20. The number of fused-ring (bicyclic) bond motifs is 1. The highest BCUT2D eigenvalue weighted by Gasteiger charge is 2.10. The van der Waals surface area contributed by atoms with E-state index >= 15 is 0 Å². The molecule has 2 aromatic heterocycles. The fraction of sp³-hybridized carbons (Fsp3) is 0.143. The molecular weight excluding hydrogens is 308 g/mol. The molecule has 114 valence electrons. The molecule has 0 amide bonds. The Morgan fingerprint density at radius 3 is 2.73 bits per heavy atom. The normalized spacial score (nSPS) is 11.9. The first kappa shape index (κ1) is 14.3. The van der Waals surface area contributed by atoms with Crippen LogP contribution in [-0.4, -0.2) is 24.2 Å². The molecule has 0 bridgehead atoms. The van der Waals surface area contributed by atoms with Gasteiger partial charge in [0.1, 0.15) is 0 Å². The third-order valence-electron chi connectivity index (χ3n) is 3.24. The first-order chi connectivity index (χ1) is 10.3. The number of nitrogens with zero attached hydrogens (tertiary/aromatic N) is 1. The van der Waals surface area contributed by atoms with Crippen LogP contribution in [0.5, 0.6) is 0 Å². The molecule has 0 saturated heterocycles. The van der Waals surface area contributed by atoms with Crippen molar-refractivity contribution in [2.75, 3.05) is 6.26 Å². The molecule has 0 aliphatic heterocycles. The summed E-state index contributed by atoms with van der Waals surface area (Å²) >= 11 is 0. The molecule has 0 aliphatic carbocycles. The van der Waals surface area contributed by atoms with Gasteiger partial charge in [-0.1, -0.05) is 12.1 Å². The van der Waals surface area contributed by atoms with Gasteiger partial charge in [-0.2, -0.15) is 0 Å². The van der Waals surface area contributed by atoms with Crippen LogP contribution in [0.25, 0.3) is 11.1 Å². The maximum Gasteiger partial charge on any atom is 0.417 e. The van der Waals surface area contributed by atoms with Crippen LogP contribution in [0.3, 0.4) is 0 Å². The molecule has 3 rings (SSSR count). The topological polar surface area (TPSA) is 102 Å². The average Bonchev–Trinajstić information content (AvgIpc) is 2.83. The smallest absolute Gasteiger partial charge is 0.408 e. The Balaban J connectivity index is 2.05. The van der Waals surface area contributed by atoms with Crippen LogP contribution in [0.15, 0.2) is 55.4 Å². The van der Waals surface area contributed by atoms with Gasteiger partial charge in [0.2, 0.25) is 0 Å². The number of pyridine rings is 1. The van der Waals surface area contributed by atoms with E-state index in [0.717, 1.165) is 6.26 Å². The molecule has 3 aromatic rings. The van der Waals surface area contributed by atoms with Gasteiger partial charge >= 0.3 is 5.76 Å². The predicted octanol–water partition coefficient (Wildman–Crippen LogP) is 0.735. The third-order valence-corrected chi connectivity index (χ3v) is 4.35. The molecule has 1 N–H and O–H groups in total. The van der Waals surface area contributed by atoms with Crippen molar-refractivity contribution in [3.8, 4) is 0 Å². The Bertz CT molecular complexity index is 1070. The molecule has 0 unspecified atom stereocenters. The number of benzene rings is 1. The maximum atomic E-state index is 12.2. The molecule has 7 nitrogen and oxygen atoms in total. The second-order valence-electron chi connectivity index (χ2n) is 4.92. The summed E-state index contributed by atoms with van der Waals surface area (Å²) in [6.07, 6.45) is 2.62. The molecule has 0 aliphatic rings. The van der Waals surface area contributed by atoms with Crippen LogP contribution in [0.4, 0.5) is 0 Å². The van der Waals surface area contributed by atoms with E-state index in [9.17, 15) is 18.0 Å². The Hall–Kier alpha value is -2.61. The van der Waals surface area contributed by atoms with Crippen LogP contribution in [0.2, 0.25) is 0 Å². The minimum atomic E-state index is -3.31. The van der Waals surface area contributed by atoms with Crippen molar-refractivity contribution in [2.24, 2.45) is 0 Å². The van der Waals surface area contributed by atoms with Gasteiger partial charge in [-0.05, 0) is 23.8 Å². The zero-order chi connectivity index (χ0) is 15.9. The minimum absolute atomic E-state index is 0.0896. The summed E-state index contributed by atoms with van der Waals surface area (Å²) in [7, 11) is -3.31. The van der Waals surface area contributed by atoms with Gasteiger partial charge in [0.25, 0.3) is 5.56 Å². The van der Waals surface area contributed by atoms with Crippen LogP contribution in [0.1, 0.15) is 5.56 Å². The molecule has 0 fully saturated rings. The number of aromatic amines is 1. The standard InChI is InChI=1S/C14H12N2O5S/c1-22(19,20)10-4-2-3-9(7-10)8-16-6-5-11-12(13(16)17)15-14(18)21-11/h2-7H,8H2,1H3,(H,15,18). The van der Waals surface area contributed by atoms with Crippen molar-refractivity contribution in [1.82, 2.24) is 9.55 Å². The van der Waals surface area contributed by atoms with Crippen LogP contribution < -0.4 is 11.3 Å². The van der Waals surface area contributed by atoms with Gasteiger partial charge in [0.15, 0.2) is 20.9 Å². The summed E-state index contributed by atoms with van der Waals surface area (Å²) < 4.78 is 29.3. The number of sulfone groups is 1. The van der Waals surface area contributed by atoms with Gasteiger partial charge in [0.05, 0.1) is 11.4 Å². The first-order valence-electron chi connectivity index (χ1n) is 6.36. The van der Waals surface area contributed by atoms with E-state index in [2.05, 4.69) is 4.98 Å². The Morgan fingerprint density at radius 2 is 2.00 bits per heavy atom. The third kappa shape index (κ3) is 2.60. The molecule has 22 heavy (non-hydrogen) atoms. The number of H-pyrrole nitrogens is 1. The molecule has 8 heteroatoms. The highest BCUT2D eigenvalue weighted by molar-refractivity contribution is 7.90. The lowest BCUT2D eigenvalue weighted by Gasteiger charge is -2.07. The lowest BCUT2D eigenvalue weighted by molar-refractivity contribution is 0.555. The van der Waals surface area contributed by atoms with Gasteiger partial charge < -0.3 is 8.98 Å². The quantitative estimate of drug-likeness (QED) is 0.766. The minimum Gasteiger partial charge on any atom is -0.408 e. The maximum absolute atomic E-state index is 12.2. The monoisotopic (exact) mass is 320 g/mol. The lowest BCUT2D eigenvalue weighted by atomic mass is 10.2. The van der Waals surface area contributed by atoms with E-state index in [1.54, 1.807) is 12.1 Å². The number of oxazole rings is 1. The summed E-state index contributed by atoms with van der Waals surface area (Å²) in [6.45, 7) is 0.186. The summed E-state index contributed by atoms with van der Waals surface area (Å²) in [5, 5.41) is 0. The summed E-state index contributed by atoms with van der Waals surface area (Å²) in [6, 6.07) is 7.87. The fourth-order valence-corrected chi connectivity index (χ4v) is 2.87. The largest absolute Gasteiger partial charge is 0.417 e. The Kier molecular flexibility index (Phi) is 3.25. The van der Waals surface area contributed by atoms with Crippen molar-refractivity contribution in [2.45, 2.75) is 11.4 Å². The number of hydrogen-bond donors (Lipinski definition) is 1.